The third-order valence-electron chi connectivity index (χ3n) is 6.57. The number of carbonyl (C=O) groups excluding carboxylic acids is 1. The van der Waals surface area contributed by atoms with Crippen LogP contribution in [0, 0.1) is 6.92 Å². The minimum Gasteiger partial charge on any atom is -0.368 e. The third kappa shape index (κ3) is 6.06. The van der Waals surface area contributed by atoms with E-state index >= 15 is 0 Å². The molecule has 194 valence electrons. The second-order valence-electron chi connectivity index (χ2n) is 9.25. The fourth-order valence-corrected chi connectivity index (χ4v) is 5.82. The van der Waals surface area contributed by atoms with Gasteiger partial charge in [-0.3, -0.25) is 9.10 Å². The van der Waals surface area contributed by atoms with Crippen LogP contribution in [0.25, 0.3) is 0 Å². The summed E-state index contributed by atoms with van der Waals surface area (Å²) in [7, 11) is -1.46. The number of hydrogen-bond acceptors (Lipinski definition) is 4. The zero-order chi connectivity index (χ0) is 26.5. The van der Waals surface area contributed by atoms with Gasteiger partial charge in [-0.1, -0.05) is 54.1 Å². The standard InChI is InChI=1S/C30H29ClN4O2S/c1-23-6-5-7-26(20-23)33-16-18-34(19-17-33)30(36)29-15-14-27(21-32-29)35(22-24-10-12-25(31)13-11-24)38(37)28-8-3-2-4-9-28/h2-15,20-21H,16-19,22H2,1H3. The summed E-state index contributed by atoms with van der Waals surface area (Å²) in [5.41, 5.74) is 4.43. The average Bonchev–Trinajstić information content (AvgIpc) is 2.97. The first-order chi connectivity index (χ1) is 18.5. The molecular formula is C30H29ClN4O2S. The zero-order valence-electron chi connectivity index (χ0n) is 21.2. The van der Waals surface area contributed by atoms with Gasteiger partial charge in [0.25, 0.3) is 5.91 Å². The number of carbonyl (C=O) groups is 1. The second kappa shape index (κ2) is 11.8. The monoisotopic (exact) mass is 544 g/mol. The van der Waals surface area contributed by atoms with Crippen molar-refractivity contribution < 1.29 is 9.00 Å². The molecule has 0 bridgehead atoms. The number of aromatic nitrogens is 1. The molecule has 1 saturated heterocycles. The maximum absolute atomic E-state index is 13.6. The maximum atomic E-state index is 13.6. The minimum absolute atomic E-state index is 0.0890. The second-order valence-corrected chi connectivity index (χ2v) is 11.1. The van der Waals surface area contributed by atoms with Gasteiger partial charge in [-0.05, 0) is 66.6 Å². The van der Waals surface area contributed by atoms with E-state index in [1.54, 1.807) is 16.6 Å². The number of aryl methyl sites for hydroxylation is 1. The van der Waals surface area contributed by atoms with Gasteiger partial charge in [-0.25, -0.2) is 9.19 Å². The number of hydrogen-bond donors (Lipinski definition) is 0. The van der Waals surface area contributed by atoms with Crippen LogP contribution in [-0.2, 0) is 17.5 Å². The molecule has 1 amide bonds. The van der Waals surface area contributed by atoms with Crippen LogP contribution in [0.15, 0.2) is 102 Å². The molecule has 1 unspecified atom stereocenters. The first-order valence-corrected chi connectivity index (χ1v) is 14.0. The van der Waals surface area contributed by atoms with Crippen molar-refractivity contribution in [3.8, 4) is 0 Å². The highest BCUT2D eigenvalue weighted by Crippen LogP contribution is 2.24. The number of rotatable bonds is 7. The van der Waals surface area contributed by atoms with Crippen molar-refractivity contribution in [2.75, 3.05) is 35.4 Å². The lowest BCUT2D eigenvalue weighted by Crippen LogP contribution is -2.49. The van der Waals surface area contributed by atoms with Crippen LogP contribution in [0.1, 0.15) is 21.6 Å². The van der Waals surface area contributed by atoms with Crippen molar-refractivity contribution in [2.45, 2.75) is 18.4 Å². The Hall–Kier alpha value is -3.68. The van der Waals surface area contributed by atoms with Crippen LogP contribution in [-0.4, -0.2) is 46.2 Å². The Morgan fingerprint density at radius 3 is 2.32 bits per heavy atom. The normalized spacial score (nSPS) is 14.3. The number of halogens is 1. The Bertz CT molecular complexity index is 1410. The number of benzene rings is 3. The first kappa shape index (κ1) is 25.9. The average molecular weight is 545 g/mol. The molecule has 8 heteroatoms. The predicted molar refractivity (Wildman–Crippen MR) is 154 cm³/mol. The lowest BCUT2D eigenvalue weighted by atomic mass is 10.2. The molecule has 6 nitrogen and oxygen atoms in total. The number of anilines is 2. The molecule has 0 spiro atoms. The van der Waals surface area contributed by atoms with E-state index in [1.807, 2.05) is 65.6 Å². The number of amides is 1. The molecule has 38 heavy (non-hydrogen) atoms. The molecule has 2 heterocycles. The smallest absolute Gasteiger partial charge is 0.272 e. The van der Waals surface area contributed by atoms with Gasteiger partial charge < -0.3 is 9.80 Å². The topological polar surface area (TPSA) is 56.8 Å². The molecule has 0 radical (unpaired) electrons. The summed E-state index contributed by atoms with van der Waals surface area (Å²) < 4.78 is 15.3. The van der Waals surface area contributed by atoms with Gasteiger partial charge in [0.15, 0.2) is 11.0 Å². The van der Waals surface area contributed by atoms with Crippen molar-refractivity contribution in [3.63, 3.8) is 0 Å². The molecule has 5 rings (SSSR count). The first-order valence-electron chi connectivity index (χ1n) is 12.5. The maximum Gasteiger partial charge on any atom is 0.272 e. The van der Waals surface area contributed by atoms with E-state index in [9.17, 15) is 9.00 Å². The Kier molecular flexibility index (Phi) is 8.05. The molecule has 4 aromatic rings. The van der Waals surface area contributed by atoms with Crippen molar-refractivity contribution >= 4 is 39.9 Å². The van der Waals surface area contributed by atoms with E-state index in [2.05, 4.69) is 41.1 Å². The van der Waals surface area contributed by atoms with Crippen molar-refractivity contribution in [1.82, 2.24) is 9.88 Å². The van der Waals surface area contributed by atoms with Gasteiger partial charge in [0, 0.05) is 36.9 Å². The highest BCUT2D eigenvalue weighted by atomic mass is 35.5. The summed E-state index contributed by atoms with van der Waals surface area (Å²) in [5, 5.41) is 0.647. The van der Waals surface area contributed by atoms with Gasteiger partial charge in [0.2, 0.25) is 0 Å². The van der Waals surface area contributed by atoms with Crippen molar-refractivity contribution in [1.29, 1.82) is 0 Å². The van der Waals surface area contributed by atoms with Crippen LogP contribution < -0.4 is 9.21 Å². The lowest BCUT2D eigenvalue weighted by molar-refractivity contribution is 0.0741. The van der Waals surface area contributed by atoms with Crippen LogP contribution in [0.2, 0.25) is 5.02 Å². The zero-order valence-corrected chi connectivity index (χ0v) is 22.7. The quantitative estimate of drug-likeness (QED) is 0.298. The molecule has 1 aliphatic rings. The predicted octanol–water partition coefficient (Wildman–Crippen LogP) is 5.74. The largest absolute Gasteiger partial charge is 0.368 e. The summed E-state index contributed by atoms with van der Waals surface area (Å²) in [5.74, 6) is -0.0890. The minimum atomic E-state index is -1.46. The van der Waals surface area contributed by atoms with Crippen molar-refractivity contribution in [2.24, 2.45) is 0 Å². The van der Waals surface area contributed by atoms with Crippen LogP contribution in [0.5, 0.6) is 0 Å². The lowest BCUT2D eigenvalue weighted by Gasteiger charge is -2.36. The molecule has 1 aromatic heterocycles. The SMILES string of the molecule is Cc1cccc(N2CCN(C(=O)c3ccc(N(Cc4ccc(Cl)cc4)S(=O)c4ccccc4)cn3)CC2)c1. The van der Waals surface area contributed by atoms with Gasteiger partial charge in [-0.2, -0.15) is 0 Å². The van der Waals surface area contributed by atoms with Crippen LogP contribution in [0.4, 0.5) is 11.4 Å². The Balaban J connectivity index is 1.30. The van der Waals surface area contributed by atoms with Gasteiger partial charge in [0.05, 0.1) is 23.3 Å². The Morgan fingerprint density at radius 1 is 0.921 bits per heavy atom. The van der Waals surface area contributed by atoms with Gasteiger partial charge in [0.1, 0.15) is 5.69 Å². The van der Waals surface area contributed by atoms with Crippen LogP contribution >= 0.6 is 11.6 Å². The highest BCUT2D eigenvalue weighted by molar-refractivity contribution is 7.86. The number of nitrogens with zero attached hydrogens (tertiary/aromatic N) is 4. The molecule has 0 saturated carbocycles. The molecule has 1 atom stereocenters. The summed E-state index contributed by atoms with van der Waals surface area (Å²) in [6.45, 7) is 5.31. The summed E-state index contributed by atoms with van der Waals surface area (Å²) in [4.78, 5) is 22.6. The molecule has 1 fully saturated rings. The third-order valence-corrected chi connectivity index (χ3v) is 8.24. The summed E-state index contributed by atoms with van der Waals surface area (Å²) >= 11 is 6.06. The van der Waals surface area contributed by atoms with E-state index < -0.39 is 11.0 Å². The Morgan fingerprint density at radius 2 is 1.66 bits per heavy atom. The fourth-order valence-electron chi connectivity index (χ4n) is 4.48. The van der Waals surface area contributed by atoms with Crippen LogP contribution in [0.3, 0.4) is 0 Å². The highest BCUT2D eigenvalue weighted by Gasteiger charge is 2.24. The summed E-state index contributed by atoms with van der Waals surface area (Å²) in [6, 6.07) is 28.8. The molecule has 0 N–H and O–H groups in total. The fraction of sp³-hybridized carbons (Fsp3) is 0.200. The summed E-state index contributed by atoms with van der Waals surface area (Å²) in [6.07, 6.45) is 1.63. The van der Waals surface area contributed by atoms with E-state index in [1.165, 1.54) is 11.3 Å². The number of piperazine rings is 1. The molecule has 3 aromatic carbocycles. The van der Waals surface area contributed by atoms with E-state index in [4.69, 9.17) is 11.6 Å². The van der Waals surface area contributed by atoms with E-state index in [0.717, 1.165) is 18.7 Å². The number of pyridine rings is 1. The van der Waals surface area contributed by atoms with Crippen molar-refractivity contribution in [3.05, 3.63) is 119 Å². The van der Waals surface area contributed by atoms with E-state index in [0.29, 0.717) is 40.9 Å². The Labute approximate surface area is 231 Å². The van der Waals surface area contributed by atoms with Gasteiger partial charge >= 0.3 is 0 Å². The van der Waals surface area contributed by atoms with Gasteiger partial charge in [-0.15, -0.1) is 0 Å². The molecular weight excluding hydrogens is 516 g/mol. The molecule has 1 aliphatic heterocycles. The molecule has 0 aliphatic carbocycles. The van der Waals surface area contributed by atoms with E-state index in [-0.39, 0.29) is 5.91 Å².